The zero-order valence-corrected chi connectivity index (χ0v) is 11.4. The first-order chi connectivity index (χ1) is 8.42. The molecule has 5 heteroatoms. The molecule has 0 saturated carbocycles. The van der Waals surface area contributed by atoms with Crippen LogP contribution in [0.4, 0.5) is 0 Å². The molecule has 1 aliphatic heterocycles. The molecule has 0 spiro atoms. The summed E-state index contributed by atoms with van der Waals surface area (Å²) in [5.41, 5.74) is -0.828. The van der Waals surface area contributed by atoms with Crippen LogP contribution < -0.4 is 5.32 Å². The average Bonchev–Trinajstić information content (AvgIpc) is 2.75. The van der Waals surface area contributed by atoms with Crippen LogP contribution in [0.2, 0.25) is 0 Å². The standard InChI is InChI=1S/C13H23N3O2/c1-10(2)13(3,9-14)15-12(18)7-16-6-4-5-11(16)8-17/h10-11,17H,4-8H2,1-3H3,(H,15,18)/t11-,13?/m1/s1. The van der Waals surface area contributed by atoms with Gasteiger partial charge in [-0.25, -0.2) is 0 Å². The molecule has 0 aromatic rings. The Kier molecular flexibility index (Phi) is 5.12. The molecular formula is C13H23N3O2. The monoisotopic (exact) mass is 253 g/mol. The van der Waals surface area contributed by atoms with E-state index < -0.39 is 5.54 Å². The fourth-order valence-electron chi connectivity index (χ4n) is 2.13. The van der Waals surface area contributed by atoms with E-state index in [9.17, 15) is 9.90 Å². The van der Waals surface area contributed by atoms with Gasteiger partial charge < -0.3 is 10.4 Å². The van der Waals surface area contributed by atoms with E-state index in [1.54, 1.807) is 6.92 Å². The van der Waals surface area contributed by atoms with Crippen molar-refractivity contribution < 1.29 is 9.90 Å². The lowest BCUT2D eigenvalue weighted by molar-refractivity contribution is -0.124. The van der Waals surface area contributed by atoms with Gasteiger partial charge in [0.05, 0.1) is 19.2 Å². The van der Waals surface area contributed by atoms with Gasteiger partial charge in [-0.15, -0.1) is 0 Å². The second-order valence-corrected chi connectivity index (χ2v) is 5.47. The third kappa shape index (κ3) is 3.44. The molecule has 0 aromatic heterocycles. The number of hydrogen-bond acceptors (Lipinski definition) is 4. The number of aliphatic hydroxyl groups excluding tert-OH is 1. The van der Waals surface area contributed by atoms with Crippen LogP contribution in [0.5, 0.6) is 0 Å². The maximum atomic E-state index is 12.0. The summed E-state index contributed by atoms with van der Waals surface area (Å²) in [7, 11) is 0. The summed E-state index contributed by atoms with van der Waals surface area (Å²) in [6, 6.07) is 2.25. The van der Waals surface area contributed by atoms with Crippen molar-refractivity contribution in [1.29, 1.82) is 5.26 Å². The Bertz CT molecular complexity index is 338. The van der Waals surface area contributed by atoms with Crippen molar-refractivity contribution in [2.45, 2.75) is 45.2 Å². The molecule has 2 atom stereocenters. The SMILES string of the molecule is CC(C)C(C)(C#N)NC(=O)CN1CCC[C@@H]1CO. The fraction of sp³-hybridized carbons (Fsp3) is 0.846. The Balaban J connectivity index is 2.54. The van der Waals surface area contributed by atoms with Gasteiger partial charge in [-0.2, -0.15) is 5.26 Å². The van der Waals surface area contributed by atoms with E-state index in [1.165, 1.54) is 0 Å². The third-order valence-corrected chi connectivity index (χ3v) is 3.84. The number of nitrogens with one attached hydrogen (secondary N) is 1. The van der Waals surface area contributed by atoms with Crippen molar-refractivity contribution in [1.82, 2.24) is 10.2 Å². The maximum absolute atomic E-state index is 12.0. The number of carbonyl (C=O) groups is 1. The molecule has 1 amide bonds. The number of rotatable bonds is 5. The van der Waals surface area contributed by atoms with Crippen LogP contribution in [-0.4, -0.2) is 47.2 Å². The molecular weight excluding hydrogens is 230 g/mol. The van der Waals surface area contributed by atoms with Gasteiger partial charge in [-0.3, -0.25) is 9.69 Å². The quantitative estimate of drug-likeness (QED) is 0.748. The van der Waals surface area contributed by atoms with Crippen molar-refractivity contribution in [3.8, 4) is 6.07 Å². The second kappa shape index (κ2) is 6.17. The molecule has 1 rings (SSSR count). The van der Waals surface area contributed by atoms with Gasteiger partial charge in [-0.1, -0.05) is 13.8 Å². The van der Waals surface area contributed by atoms with Crippen LogP contribution in [0.3, 0.4) is 0 Å². The lowest BCUT2D eigenvalue weighted by Gasteiger charge is -2.29. The van der Waals surface area contributed by atoms with Crippen molar-refractivity contribution in [2.75, 3.05) is 19.7 Å². The summed E-state index contributed by atoms with van der Waals surface area (Å²) in [5, 5.41) is 21.1. The molecule has 0 aromatic carbocycles. The molecule has 18 heavy (non-hydrogen) atoms. The molecule has 1 heterocycles. The van der Waals surface area contributed by atoms with E-state index >= 15 is 0 Å². The summed E-state index contributed by atoms with van der Waals surface area (Å²) in [4.78, 5) is 13.9. The molecule has 1 unspecified atom stereocenters. The van der Waals surface area contributed by atoms with E-state index in [2.05, 4.69) is 11.4 Å². The summed E-state index contributed by atoms with van der Waals surface area (Å²) < 4.78 is 0. The molecule has 1 fully saturated rings. The first-order valence-electron chi connectivity index (χ1n) is 6.50. The second-order valence-electron chi connectivity index (χ2n) is 5.47. The van der Waals surface area contributed by atoms with E-state index in [4.69, 9.17) is 5.26 Å². The van der Waals surface area contributed by atoms with Gasteiger partial charge in [0.25, 0.3) is 0 Å². The van der Waals surface area contributed by atoms with E-state index in [-0.39, 0.29) is 31.0 Å². The highest BCUT2D eigenvalue weighted by molar-refractivity contribution is 5.79. The zero-order valence-electron chi connectivity index (χ0n) is 11.4. The van der Waals surface area contributed by atoms with Crippen LogP contribution in [0, 0.1) is 17.2 Å². The minimum Gasteiger partial charge on any atom is -0.395 e. The Hall–Kier alpha value is -1.12. The minimum atomic E-state index is -0.828. The molecule has 0 radical (unpaired) electrons. The summed E-state index contributed by atoms with van der Waals surface area (Å²) in [6.07, 6.45) is 1.95. The average molecular weight is 253 g/mol. The largest absolute Gasteiger partial charge is 0.395 e. The van der Waals surface area contributed by atoms with E-state index in [0.717, 1.165) is 19.4 Å². The van der Waals surface area contributed by atoms with Gasteiger partial charge in [0.2, 0.25) is 5.91 Å². The topological polar surface area (TPSA) is 76.4 Å². The van der Waals surface area contributed by atoms with E-state index in [1.807, 2.05) is 18.7 Å². The van der Waals surface area contributed by atoms with Crippen LogP contribution in [0.15, 0.2) is 0 Å². The number of hydrogen-bond donors (Lipinski definition) is 2. The van der Waals surface area contributed by atoms with Gasteiger partial charge >= 0.3 is 0 Å². The Morgan fingerprint density at radius 1 is 1.67 bits per heavy atom. The van der Waals surface area contributed by atoms with Crippen LogP contribution in [0.1, 0.15) is 33.6 Å². The molecule has 2 N–H and O–H groups in total. The smallest absolute Gasteiger partial charge is 0.235 e. The Labute approximate surface area is 109 Å². The highest BCUT2D eigenvalue weighted by Crippen LogP contribution is 2.18. The highest BCUT2D eigenvalue weighted by Gasteiger charge is 2.32. The Morgan fingerprint density at radius 2 is 2.33 bits per heavy atom. The predicted octanol–water partition coefficient (Wildman–Crippen LogP) is 0.498. The highest BCUT2D eigenvalue weighted by atomic mass is 16.3. The third-order valence-electron chi connectivity index (χ3n) is 3.84. The number of nitriles is 1. The van der Waals surface area contributed by atoms with E-state index in [0.29, 0.717) is 0 Å². The number of nitrogens with zero attached hydrogens (tertiary/aromatic N) is 2. The van der Waals surface area contributed by atoms with Crippen LogP contribution in [-0.2, 0) is 4.79 Å². The maximum Gasteiger partial charge on any atom is 0.235 e. The zero-order chi connectivity index (χ0) is 13.8. The lowest BCUT2D eigenvalue weighted by Crippen LogP contribution is -2.52. The summed E-state index contributed by atoms with van der Waals surface area (Å²) >= 11 is 0. The van der Waals surface area contributed by atoms with Crippen molar-refractivity contribution >= 4 is 5.91 Å². The van der Waals surface area contributed by atoms with Gasteiger partial charge in [0.1, 0.15) is 5.54 Å². The predicted molar refractivity (Wildman–Crippen MR) is 68.7 cm³/mol. The number of likely N-dealkylation sites (tertiary alicyclic amines) is 1. The molecule has 5 nitrogen and oxygen atoms in total. The Morgan fingerprint density at radius 3 is 2.83 bits per heavy atom. The minimum absolute atomic E-state index is 0.0543. The lowest BCUT2D eigenvalue weighted by atomic mass is 9.90. The molecule has 1 saturated heterocycles. The van der Waals surface area contributed by atoms with Gasteiger partial charge in [0.15, 0.2) is 0 Å². The van der Waals surface area contributed by atoms with Crippen molar-refractivity contribution in [2.24, 2.45) is 5.92 Å². The fourth-order valence-corrected chi connectivity index (χ4v) is 2.13. The van der Waals surface area contributed by atoms with Crippen molar-refractivity contribution in [3.63, 3.8) is 0 Å². The first kappa shape index (κ1) is 14.9. The van der Waals surface area contributed by atoms with Crippen molar-refractivity contribution in [3.05, 3.63) is 0 Å². The summed E-state index contributed by atoms with van der Waals surface area (Å²) in [5.74, 6) is -0.0910. The number of amides is 1. The van der Waals surface area contributed by atoms with Crippen LogP contribution in [0.25, 0.3) is 0 Å². The molecule has 1 aliphatic rings. The molecule has 102 valence electrons. The van der Waals surface area contributed by atoms with Gasteiger partial charge in [-0.05, 0) is 32.2 Å². The van der Waals surface area contributed by atoms with Gasteiger partial charge in [0, 0.05) is 6.04 Å². The summed E-state index contributed by atoms with van der Waals surface area (Å²) in [6.45, 7) is 6.75. The number of aliphatic hydroxyl groups is 1. The van der Waals surface area contributed by atoms with Crippen LogP contribution >= 0.6 is 0 Å². The first-order valence-corrected chi connectivity index (χ1v) is 6.50. The number of carbonyl (C=O) groups excluding carboxylic acids is 1. The molecule has 0 aliphatic carbocycles. The molecule has 0 bridgehead atoms. The normalized spacial score (nSPS) is 23.7.